The van der Waals surface area contributed by atoms with E-state index in [1.54, 1.807) is 12.1 Å². The number of rotatable bonds is 5. The highest BCUT2D eigenvalue weighted by molar-refractivity contribution is 9.10. The SMILES string of the molecule is O=C(CN1CCc2cc(Cl)cc(Cl)c2C1)NCC(=O)Nc1ccccc1Br. The maximum Gasteiger partial charge on any atom is 0.243 e. The smallest absolute Gasteiger partial charge is 0.243 e. The lowest BCUT2D eigenvalue weighted by molar-refractivity contribution is -0.125. The molecule has 5 nitrogen and oxygen atoms in total. The molecule has 1 heterocycles. The van der Waals surface area contributed by atoms with Crippen LogP contribution >= 0.6 is 39.1 Å². The second-order valence-electron chi connectivity index (χ2n) is 6.29. The zero-order valence-electron chi connectivity index (χ0n) is 14.4. The molecule has 0 radical (unpaired) electrons. The van der Waals surface area contributed by atoms with Crippen LogP contribution in [0.5, 0.6) is 0 Å². The van der Waals surface area contributed by atoms with Gasteiger partial charge in [0.2, 0.25) is 11.8 Å². The normalized spacial score (nSPS) is 13.7. The molecule has 0 bridgehead atoms. The predicted octanol–water partition coefficient (Wildman–Crippen LogP) is 3.87. The fourth-order valence-corrected chi connectivity index (χ4v) is 3.95. The van der Waals surface area contributed by atoms with Crippen molar-refractivity contribution >= 4 is 56.6 Å². The van der Waals surface area contributed by atoms with Gasteiger partial charge in [-0.25, -0.2) is 0 Å². The van der Waals surface area contributed by atoms with Crippen LogP contribution in [0.4, 0.5) is 5.69 Å². The van der Waals surface area contributed by atoms with Gasteiger partial charge in [-0.1, -0.05) is 35.3 Å². The summed E-state index contributed by atoms with van der Waals surface area (Å²) in [6, 6.07) is 10.9. The maximum absolute atomic E-state index is 12.2. The third kappa shape index (κ3) is 5.45. The molecule has 0 atom stereocenters. The van der Waals surface area contributed by atoms with Crippen LogP contribution in [0.15, 0.2) is 40.9 Å². The number of carbonyl (C=O) groups excluding carboxylic acids is 2. The molecule has 0 spiro atoms. The van der Waals surface area contributed by atoms with Gasteiger partial charge in [-0.2, -0.15) is 0 Å². The molecule has 0 aliphatic carbocycles. The zero-order valence-corrected chi connectivity index (χ0v) is 17.5. The summed E-state index contributed by atoms with van der Waals surface area (Å²) in [4.78, 5) is 26.2. The second-order valence-corrected chi connectivity index (χ2v) is 7.99. The summed E-state index contributed by atoms with van der Waals surface area (Å²) in [5.41, 5.74) is 2.79. The Bertz CT molecular complexity index is 876. The molecule has 0 saturated carbocycles. The van der Waals surface area contributed by atoms with Crippen molar-refractivity contribution in [2.75, 3.05) is 25.0 Å². The van der Waals surface area contributed by atoms with Gasteiger partial charge >= 0.3 is 0 Å². The largest absolute Gasteiger partial charge is 0.346 e. The highest BCUT2D eigenvalue weighted by atomic mass is 79.9. The Balaban J connectivity index is 1.48. The summed E-state index contributed by atoms with van der Waals surface area (Å²) in [5.74, 6) is -0.484. The van der Waals surface area contributed by atoms with Gasteiger partial charge in [0.25, 0.3) is 0 Å². The monoisotopic (exact) mass is 469 g/mol. The molecule has 8 heteroatoms. The molecule has 2 N–H and O–H groups in total. The first-order valence-electron chi connectivity index (χ1n) is 8.42. The number of benzene rings is 2. The van der Waals surface area contributed by atoms with Crippen molar-refractivity contribution < 1.29 is 9.59 Å². The van der Waals surface area contributed by atoms with E-state index in [0.717, 1.165) is 28.6 Å². The van der Waals surface area contributed by atoms with Crippen LogP contribution < -0.4 is 10.6 Å². The Hall–Kier alpha value is -1.60. The third-order valence-corrected chi connectivity index (χ3v) is 5.54. The summed E-state index contributed by atoms with van der Waals surface area (Å²) in [7, 11) is 0. The average molecular weight is 471 g/mol. The maximum atomic E-state index is 12.2. The van der Waals surface area contributed by atoms with E-state index in [4.69, 9.17) is 23.2 Å². The number of fused-ring (bicyclic) bond motifs is 1. The van der Waals surface area contributed by atoms with Gasteiger partial charge in [-0.15, -0.1) is 0 Å². The minimum atomic E-state index is -0.281. The number of para-hydroxylation sites is 1. The molecule has 27 heavy (non-hydrogen) atoms. The Morgan fingerprint density at radius 2 is 1.93 bits per heavy atom. The number of nitrogens with one attached hydrogen (secondary N) is 2. The Morgan fingerprint density at radius 3 is 2.70 bits per heavy atom. The van der Waals surface area contributed by atoms with E-state index in [1.807, 2.05) is 29.2 Å². The van der Waals surface area contributed by atoms with Gasteiger partial charge in [0.1, 0.15) is 0 Å². The first-order valence-corrected chi connectivity index (χ1v) is 9.97. The van der Waals surface area contributed by atoms with Gasteiger partial charge in [0.15, 0.2) is 0 Å². The molecule has 0 aromatic heterocycles. The second kappa shape index (κ2) is 9.06. The quantitative estimate of drug-likeness (QED) is 0.697. The minimum Gasteiger partial charge on any atom is -0.346 e. The van der Waals surface area contributed by atoms with Crippen molar-refractivity contribution in [3.63, 3.8) is 0 Å². The number of amides is 2. The van der Waals surface area contributed by atoms with Crippen LogP contribution in [0.1, 0.15) is 11.1 Å². The van der Waals surface area contributed by atoms with E-state index in [0.29, 0.717) is 22.3 Å². The van der Waals surface area contributed by atoms with Crippen LogP contribution in [-0.2, 0) is 22.6 Å². The molecule has 2 amide bonds. The molecule has 2 aromatic rings. The molecular weight excluding hydrogens is 453 g/mol. The van der Waals surface area contributed by atoms with Crippen LogP contribution in [0.25, 0.3) is 0 Å². The predicted molar refractivity (Wildman–Crippen MR) is 111 cm³/mol. The fraction of sp³-hybridized carbons (Fsp3) is 0.263. The van der Waals surface area contributed by atoms with Crippen LogP contribution in [-0.4, -0.2) is 36.3 Å². The lowest BCUT2D eigenvalue weighted by atomic mass is 10.00. The number of hydrogen-bond acceptors (Lipinski definition) is 3. The summed E-state index contributed by atoms with van der Waals surface area (Å²) in [6.45, 7) is 1.45. The van der Waals surface area contributed by atoms with Crippen molar-refractivity contribution in [3.8, 4) is 0 Å². The molecule has 1 aliphatic heterocycles. The lowest BCUT2D eigenvalue weighted by Crippen LogP contribution is -2.42. The molecule has 1 aliphatic rings. The van der Waals surface area contributed by atoms with Crippen molar-refractivity contribution in [2.45, 2.75) is 13.0 Å². The molecule has 2 aromatic carbocycles. The van der Waals surface area contributed by atoms with E-state index in [-0.39, 0.29) is 24.9 Å². The number of hydrogen-bond donors (Lipinski definition) is 2. The van der Waals surface area contributed by atoms with E-state index in [2.05, 4.69) is 26.6 Å². The van der Waals surface area contributed by atoms with Crippen molar-refractivity contribution in [1.82, 2.24) is 10.2 Å². The number of carbonyl (C=O) groups is 2. The molecule has 0 unspecified atom stereocenters. The Kier molecular flexibility index (Phi) is 6.76. The first kappa shape index (κ1) is 20.1. The summed E-state index contributed by atoms with van der Waals surface area (Å²) in [5, 5.41) is 6.65. The van der Waals surface area contributed by atoms with Gasteiger partial charge in [-0.05, 0) is 57.7 Å². The van der Waals surface area contributed by atoms with E-state index < -0.39 is 0 Å². The average Bonchev–Trinajstić information content (AvgIpc) is 2.62. The van der Waals surface area contributed by atoms with E-state index >= 15 is 0 Å². The zero-order chi connectivity index (χ0) is 19.4. The van der Waals surface area contributed by atoms with Crippen molar-refractivity contribution in [3.05, 3.63) is 62.0 Å². The Morgan fingerprint density at radius 1 is 1.15 bits per heavy atom. The summed E-state index contributed by atoms with van der Waals surface area (Å²) in [6.07, 6.45) is 0.783. The minimum absolute atomic E-state index is 0.0824. The van der Waals surface area contributed by atoms with E-state index in [9.17, 15) is 9.59 Å². The summed E-state index contributed by atoms with van der Waals surface area (Å²) < 4.78 is 0.786. The van der Waals surface area contributed by atoms with Gasteiger partial charge in [-0.3, -0.25) is 14.5 Å². The fourth-order valence-electron chi connectivity index (χ4n) is 2.97. The highest BCUT2D eigenvalue weighted by Gasteiger charge is 2.21. The van der Waals surface area contributed by atoms with Crippen molar-refractivity contribution in [2.24, 2.45) is 0 Å². The summed E-state index contributed by atoms with van der Waals surface area (Å²) >= 11 is 15.7. The molecule has 0 fully saturated rings. The van der Waals surface area contributed by atoms with Crippen molar-refractivity contribution in [1.29, 1.82) is 0 Å². The first-order chi connectivity index (χ1) is 12.9. The Labute approximate surface area is 176 Å². The van der Waals surface area contributed by atoms with E-state index in [1.165, 1.54) is 0 Å². The van der Waals surface area contributed by atoms with Gasteiger partial charge < -0.3 is 10.6 Å². The molecule has 142 valence electrons. The van der Waals surface area contributed by atoms with Crippen LogP contribution in [0.2, 0.25) is 10.0 Å². The topological polar surface area (TPSA) is 61.4 Å². The molecule has 3 rings (SSSR count). The number of nitrogens with zero attached hydrogens (tertiary/aromatic N) is 1. The number of halogens is 3. The number of anilines is 1. The van der Waals surface area contributed by atoms with Gasteiger partial charge in [0, 0.05) is 27.6 Å². The third-order valence-electron chi connectivity index (χ3n) is 4.29. The van der Waals surface area contributed by atoms with Crippen LogP contribution in [0.3, 0.4) is 0 Å². The molecular formula is C19H18BrCl2N3O2. The standard InChI is InChI=1S/C19H18BrCl2N3O2/c20-15-3-1-2-4-17(15)24-18(26)9-23-19(27)11-25-6-5-12-7-13(21)8-16(22)14(12)10-25/h1-4,7-8H,5-6,9-11H2,(H,23,27)(H,24,26). The van der Waals surface area contributed by atoms with Gasteiger partial charge in [0.05, 0.1) is 18.8 Å². The highest BCUT2D eigenvalue weighted by Crippen LogP contribution is 2.29. The lowest BCUT2D eigenvalue weighted by Gasteiger charge is -2.29. The molecule has 0 saturated heterocycles. The van der Waals surface area contributed by atoms with Crippen LogP contribution in [0, 0.1) is 0 Å².